The number of carbonyl (C=O) groups is 2. The lowest BCUT2D eigenvalue weighted by molar-refractivity contribution is 0.0314. The van der Waals surface area contributed by atoms with Crippen molar-refractivity contribution in [3.8, 4) is 0 Å². The molecular formula is C18H13BrN2O4. The average Bonchev–Trinajstić information content (AvgIpc) is 2.62. The molecule has 0 fully saturated rings. The van der Waals surface area contributed by atoms with E-state index in [4.69, 9.17) is 4.74 Å². The molecule has 0 aliphatic rings. The zero-order valence-corrected chi connectivity index (χ0v) is 14.7. The molecule has 1 heterocycles. The van der Waals surface area contributed by atoms with Crippen LogP contribution in [0.1, 0.15) is 27.8 Å². The lowest BCUT2D eigenvalue weighted by atomic mass is 10.1. The first kappa shape index (κ1) is 17.0. The van der Waals surface area contributed by atoms with Crippen molar-refractivity contribution in [2.45, 2.75) is 13.0 Å². The van der Waals surface area contributed by atoms with Crippen molar-refractivity contribution >= 4 is 38.5 Å². The number of nitrogens with zero attached hydrogens (tertiary/aromatic N) is 1. The Morgan fingerprint density at radius 3 is 2.40 bits per heavy atom. The van der Waals surface area contributed by atoms with E-state index >= 15 is 0 Å². The molecular weight excluding hydrogens is 388 g/mol. The SMILES string of the molecule is C[C@H](OC(=O)c1n[nH]c(=O)c2ccccc12)C(=O)c1ccc(Br)cc1. The number of esters is 1. The highest BCUT2D eigenvalue weighted by Gasteiger charge is 2.23. The first-order chi connectivity index (χ1) is 12.0. The Morgan fingerprint density at radius 1 is 1.08 bits per heavy atom. The second-order valence-corrected chi connectivity index (χ2v) is 6.28. The van der Waals surface area contributed by atoms with Gasteiger partial charge in [0.1, 0.15) is 0 Å². The maximum absolute atomic E-state index is 12.4. The highest BCUT2D eigenvalue weighted by atomic mass is 79.9. The maximum atomic E-state index is 12.4. The van der Waals surface area contributed by atoms with Crippen LogP contribution in [0.2, 0.25) is 0 Å². The second kappa shape index (κ2) is 6.98. The molecule has 2 aromatic carbocycles. The van der Waals surface area contributed by atoms with E-state index in [1.165, 1.54) is 6.92 Å². The van der Waals surface area contributed by atoms with E-state index in [1.54, 1.807) is 48.5 Å². The van der Waals surface area contributed by atoms with Crippen molar-refractivity contribution < 1.29 is 14.3 Å². The van der Waals surface area contributed by atoms with Gasteiger partial charge < -0.3 is 4.74 Å². The van der Waals surface area contributed by atoms with Crippen LogP contribution in [0.4, 0.5) is 0 Å². The Hall–Kier alpha value is -2.80. The van der Waals surface area contributed by atoms with E-state index in [-0.39, 0.29) is 11.5 Å². The third-order valence-electron chi connectivity index (χ3n) is 3.67. The number of aromatic amines is 1. The summed E-state index contributed by atoms with van der Waals surface area (Å²) in [4.78, 5) is 36.5. The largest absolute Gasteiger partial charge is 0.449 e. The fraction of sp³-hybridized carbons (Fsp3) is 0.111. The smallest absolute Gasteiger partial charge is 0.360 e. The van der Waals surface area contributed by atoms with Crippen molar-refractivity contribution in [3.05, 3.63) is 74.6 Å². The number of rotatable bonds is 4. The van der Waals surface area contributed by atoms with Crippen LogP contribution in [0.5, 0.6) is 0 Å². The number of nitrogens with one attached hydrogen (secondary N) is 1. The fourth-order valence-corrected chi connectivity index (χ4v) is 2.65. The van der Waals surface area contributed by atoms with Crippen LogP contribution in [0.25, 0.3) is 10.8 Å². The molecule has 0 aliphatic carbocycles. The number of hydrogen-bond acceptors (Lipinski definition) is 5. The van der Waals surface area contributed by atoms with Gasteiger partial charge in [0.15, 0.2) is 11.8 Å². The summed E-state index contributed by atoms with van der Waals surface area (Å²) >= 11 is 3.30. The number of H-pyrrole nitrogens is 1. The molecule has 0 radical (unpaired) electrons. The quantitative estimate of drug-likeness (QED) is 0.536. The minimum absolute atomic E-state index is 0.0364. The topological polar surface area (TPSA) is 89.1 Å². The van der Waals surface area contributed by atoms with Crippen LogP contribution in [0.15, 0.2) is 57.8 Å². The van der Waals surface area contributed by atoms with Crippen LogP contribution in [0, 0.1) is 0 Å². The first-order valence-corrected chi connectivity index (χ1v) is 8.25. The summed E-state index contributed by atoms with van der Waals surface area (Å²) in [5.41, 5.74) is -0.000390. The molecule has 25 heavy (non-hydrogen) atoms. The minimum atomic E-state index is -0.985. The van der Waals surface area contributed by atoms with Gasteiger partial charge in [-0.2, -0.15) is 5.10 Å². The number of fused-ring (bicyclic) bond motifs is 1. The molecule has 1 atom stereocenters. The normalized spacial score (nSPS) is 11.9. The Kier molecular flexibility index (Phi) is 4.76. The predicted molar refractivity (Wildman–Crippen MR) is 95.7 cm³/mol. The van der Waals surface area contributed by atoms with Crippen molar-refractivity contribution in [2.24, 2.45) is 0 Å². The third kappa shape index (κ3) is 3.51. The number of halogens is 1. The van der Waals surface area contributed by atoms with Crippen LogP contribution < -0.4 is 5.56 Å². The summed E-state index contributed by atoms with van der Waals surface area (Å²) in [6.07, 6.45) is -0.985. The molecule has 0 aliphatic heterocycles. The van der Waals surface area contributed by atoms with Crippen LogP contribution in [0.3, 0.4) is 0 Å². The summed E-state index contributed by atoms with van der Waals surface area (Å²) in [7, 11) is 0. The van der Waals surface area contributed by atoms with Gasteiger partial charge in [-0.25, -0.2) is 9.89 Å². The summed E-state index contributed by atoms with van der Waals surface area (Å²) in [5.74, 6) is -1.10. The Bertz CT molecular complexity index is 1010. The van der Waals surface area contributed by atoms with Crippen molar-refractivity contribution in [2.75, 3.05) is 0 Å². The van der Waals surface area contributed by atoms with E-state index in [2.05, 4.69) is 26.1 Å². The molecule has 3 aromatic rings. The van der Waals surface area contributed by atoms with Gasteiger partial charge in [-0.3, -0.25) is 9.59 Å². The number of Topliss-reactive ketones (excluding diaryl/α,β-unsaturated/α-hetero) is 1. The Balaban J connectivity index is 1.85. The van der Waals surface area contributed by atoms with E-state index in [9.17, 15) is 14.4 Å². The Labute approximate surface area is 151 Å². The van der Waals surface area contributed by atoms with Crippen LogP contribution in [-0.2, 0) is 4.74 Å². The van der Waals surface area contributed by atoms with E-state index in [0.29, 0.717) is 16.3 Å². The number of hydrogen-bond donors (Lipinski definition) is 1. The first-order valence-electron chi connectivity index (χ1n) is 7.45. The Morgan fingerprint density at radius 2 is 1.72 bits per heavy atom. The number of benzene rings is 2. The highest BCUT2D eigenvalue weighted by molar-refractivity contribution is 9.10. The van der Waals surface area contributed by atoms with Gasteiger partial charge in [0.2, 0.25) is 5.78 Å². The molecule has 0 saturated carbocycles. The second-order valence-electron chi connectivity index (χ2n) is 5.37. The van der Waals surface area contributed by atoms with Crippen LogP contribution >= 0.6 is 15.9 Å². The van der Waals surface area contributed by atoms with Gasteiger partial charge in [-0.05, 0) is 25.1 Å². The molecule has 1 aromatic heterocycles. The molecule has 0 unspecified atom stereocenters. The molecule has 3 rings (SSSR count). The highest BCUT2D eigenvalue weighted by Crippen LogP contribution is 2.16. The summed E-state index contributed by atoms with van der Waals surface area (Å²) < 4.78 is 6.09. The molecule has 0 spiro atoms. The zero-order chi connectivity index (χ0) is 18.0. The molecule has 0 saturated heterocycles. The van der Waals surface area contributed by atoms with E-state index in [1.807, 2.05) is 0 Å². The molecule has 126 valence electrons. The number of carbonyl (C=O) groups excluding carboxylic acids is 2. The fourth-order valence-electron chi connectivity index (χ4n) is 2.39. The van der Waals surface area contributed by atoms with Crippen LogP contribution in [-0.4, -0.2) is 28.1 Å². The van der Waals surface area contributed by atoms with Gasteiger partial charge in [0.05, 0.1) is 5.39 Å². The summed E-state index contributed by atoms with van der Waals surface area (Å²) in [5, 5.41) is 6.75. The van der Waals surface area contributed by atoms with Gasteiger partial charge in [-0.1, -0.05) is 46.3 Å². The lowest BCUT2D eigenvalue weighted by Gasteiger charge is -2.12. The molecule has 1 N–H and O–H groups in total. The van der Waals surface area contributed by atoms with Gasteiger partial charge in [0, 0.05) is 15.4 Å². The van der Waals surface area contributed by atoms with Crippen molar-refractivity contribution in [1.82, 2.24) is 10.2 Å². The van der Waals surface area contributed by atoms with Gasteiger partial charge in [0.25, 0.3) is 5.56 Å². The van der Waals surface area contributed by atoms with Gasteiger partial charge in [-0.15, -0.1) is 0 Å². The summed E-state index contributed by atoms with van der Waals surface area (Å²) in [6.45, 7) is 1.50. The van der Waals surface area contributed by atoms with E-state index in [0.717, 1.165) is 4.47 Å². The number of aromatic nitrogens is 2. The maximum Gasteiger partial charge on any atom is 0.360 e. The lowest BCUT2D eigenvalue weighted by Crippen LogP contribution is -2.26. The number of ether oxygens (including phenoxy) is 1. The van der Waals surface area contributed by atoms with Crippen molar-refractivity contribution in [1.29, 1.82) is 0 Å². The minimum Gasteiger partial charge on any atom is -0.449 e. The zero-order valence-electron chi connectivity index (χ0n) is 13.2. The predicted octanol–water partition coefficient (Wildman–Crippen LogP) is 3.11. The van der Waals surface area contributed by atoms with Gasteiger partial charge >= 0.3 is 5.97 Å². The monoisotopic (exact) mass is 400 g/mol. The molecule has 7 heteroatoms. The molecule has 0 amide bonds. The average molecular weight is 401 g/mol. The summed E-state index contributed by atoms with van der Waals surface area (Å²) in [6, 6.07) is 13.3. The third-order valence-corrected chi connectivity index (χ3v) is 4.20. The molecule has 6 nitrogen and oxygen atoms in total. The molecule has 0 bridgehead atoms. The van der Waals surface area contributed by atoms with E-state index < -0.39 is 17.6 Å². The number of ketones is 1. The standard InChI is InChI=1S/C18H13BrN2O4/c1-10(16(22)11-6-8-12(19)9-7-11)25-18(24)15-13-4-2-3-5-14(13)17(23)21-20-15/h2-10H,1H3,(H,21,23)/t10-/m0/s1. The van der Waals surface area contributed by atoms with Crippen molar-refractivity contribution in [3.63, 3.8) is 0 Å².